The molecule has 0 atom stereocenters. The molecule has 11 aromatic carbocycles. The second kappa shape index (κ2) is 15.6. The summed E-state index contributed by atoms with van der Waals surface area (Å²) >= 11 is 0. The third kappa shape index (κ3) is 6.65. The molecule has 2 heteroatoms. The normalized spacial score (nSPS) is 12.6. The first-order chi connectivity index (χ1) is 32.0. The fourth-order valence-electron chi connectivity index (χ4n) is 10.3. The maximum Gasteiger partial charge on any atom is 0.0546 e. The Morgan fingerprint density at radius 1 is 0.277 bits per heavy atom. The van der Waals surface area contributed by atoms with Crippen molar-refractivity contribution in [1.29, 1.82) is 0 Å². The second-order valence-electron chi connectivity index (χ2n) is 17.8. The molecule has 0 aromatic heterocycles. The Morgan fingerprint density at radius 2 is 0.754 bits per heavy atom. The molecule has 0 bridgehead atoms. The molecule has 0 heterocycles. The standard InChI is InChI=1S/C63H46N2/c1-63(2)60-41-53(64(50-23-7-4-8-24-50)52-33-30-44-18-9-10-19-48(44)39-52)34-36-57(60)58-37-35-54(42-61(58)63)65(62-40-49-20-11-12-25-55(49)56-26-13-14-27-59(56)62)51-31-28-45(29-32-51)47-22-15-21-46(38-47)43-16-5-3-6-17-43/h3-42H,1-2H3. The highest BCUT2D eigenvalue weighted by molar-refractivity contribution is 6.14. The van der Waals surface area contributed by atoms with Gasteiger partial charge in [0.1, 0.15) is 0 Å². The largest absolute Gasteiger partial charge is 0.310 e. The zero-order chi connectivity index (χ0) is 43.5. The van der Waals surface area contributed by atoms with E-state index in [0.29, 0.717) is 0 Å². The Kier molecular flexibility index (Phi) is 9.21. The fourth-order valence-corrected chi connectivity index (χ4v) is 10.3. The molecule has 0 fully saturated rings. The van der Waals surface area contributed by atoms with Crippen LogP contribution in [-0.2, 0) is 5.41 Å². The van der Waals surface area contributed by atoms with Crippen molar-refractivity contribution in [1.82, 2.24) is 0 Å². The topological polar surface area (TPSA) is 6.48 Å². The number of fused-ring (bicyclic) bond motifs is 7. The molecule has 65 heavy (non-hydrogen) atoms. The van der Waals surface area contributed by atoms with Crippen LogP contribution in [0.1, 0.15) is 25.0 Å². The summed E-state index contributed by atoms with van der Waals surface area (Å²) in [5.41, 5.74) is 16.6. The average Bonchev–Trinajstić information content (AvgIpc) is 3.59. The third-order valence-electron chi connectivity index (χ3n) is 13.6. The van der Waals surface area contributed by atoms with Crippen molar-refractivity contribution < 1.29 is 0 Å². The first-order valence-electron chi connectivity index (χ1n) is 22.6. The number of hydrogen-bond donors (Lipinski definition) is 0. The summed E-state index contributed by atoms with van der Waals surface area (Å²) in [6.07, 6.45) is 0. The van der Waals surface area contributed by atoms with Gasteiger partial charge in [-0.25, -0.2) is 0 Å². The fraction of sp³-hybridized carbons (Fsp3) is 0.0476. The van der Waals surface area contributed by atoms with E-state index in [1.165, 1.54) is 76.8 Å². The molecule has 12 rings (SSSR count). The first kappa shape index (κ1) is 38.5. The van der Waals surface area contributed by atoms with Crippen molar-refractivity contribution in [2.24, 2.45) is 0 Å². The zero-order valence-corrected chi connectivity index (χ0v) is 36.5. The number of rotatable bonds is 8. The zero-order valence-electron chi connectivity index (χ0n) is 36.5. The van der Waals surface area contributed by atoms with E-state index in [1.807, 2.05) is 0 Å². The lowest BCUT2D eigenvalue weighted by molar-refractivity contribution is 0.660. The SMILES string of the molecule is CC1(C)c2cc(N(c3ccccc3)c3ccc4ccccc4c3)ccc2-c2ccc(N(c3ccc(-c4cccc(-c5ccccc5)c4)cc3)c3cc4ccccc4c4ccccc34)cc21. The van der Waals surface area contributed by atoms with Crippen molar-refractivity contribution >= 4 is 66.4 Å². The van der Waals surface area contributed by atoms with Gasteiger partial charge in [0.25, 0.3) is 0 Å². The van der Waals surface area contributed by atoms with Crippen LogP contribution in [-0.4, -0.2) is 0 Å². The van der Waals surface area contributed by atoms with Crippen LogP contribution >= 0.6 is 0 Å². The number of anilines is 6. The Hall–Kier alpha value is -8.20. The van der Waals surface area contributed by atoms with Gasteiger partial charge < -0.3 is 9.80 Å². The monoisotopic (exact) mass is 830 g/mol. The summed E-state index contributed by atoms with van der Waals surface area (Å²) in [6, 6.07) is 89.0. The van der Waals surface area contributed by atoms with E-state index < -0.39 is 0 Å². The van der Waals surface area contributed by atoms with Gasteiger partial charge in [0.15, 0.2) is 0 Å². The Balaban J connectivity index is 0.984. The van der Waals surface area contributed by atoms with Gasteiger partial charge in [0.05, 0.1) is 5.69 Å². The minimum atomic E-state index is -0.271. The maximum atomic E-state index is 2.47. The number of para-hydroxylation sites is 1. The summed E-state index contributed by atoms with van der Waals surface area (Å²) in [6.45, 7) is 4.78. The van der Waals surface area contributed by atoms with Crippen molar-refractivity contribution in [2.75, 3.05) is 9.80 Å². The quantitative estimate of drug-likeness (QED) is 0.141. The maximum absolute atomic E-state index is 2.47. The lowest BCUT2D eigenvalue weighted by Gasteiger charge is -2.30. The molecule has 0 aliphatic heterocycles. The molecule has 0 spiro atoms. The van der Waals surface area contributed by atoms with E-state index in [2.05, 4.69) is 266 Å². The van der Waals surface area contributed by atoms with Gasteiger partial charge >= 0.3 is 0 Å². The van der Waals surface area contributed by atoms with Crippen LogP contribution in [0.3, 0.4) is 0 Å². The predicted octanol–water partition coefficient (Wildman–Crippen LogP) is 17.7. The van der Waals surface area contributed by atoms with Gasteiger partial charge in [-0.1, -0.05) is 184 Å². The summed E-state index contributed by atoms with van der Waals surface area (Å²) in [5, 5.41) is 7.40. The molecule has 308 valence electrons. The average molecular weight is 831 g/mol. The van der Waals surface area contributed by atoms with Gasteiger partial charge in [-0.05, 0) is 144 Å². The minimum Gasteiger partial charge on any atom is -0.310 e. The van der Waals surface area contributed by atoms with Crippen molar-refractivity contribution in [3.05, 3.63) is 254 Å². The Bertz CT molecular complexity index is 3570. The van der Waals surface area contributed by atoms with Crippen LogP contribution in [0.25, 0.3) is 65.7 Å². The predicted molar refractivity (Wildman–Crippen MR) is 277 cm³/mol. The summed E-state index contributed by atoms with van der Waals surface area (Å²) in [4.78, 5) is 4.87. The lowest BCUT2D eigenvalue weighted by atomic mass is 9.82. The van der Waals surface area contributed by atoms with Crippen LogP contribution in [0.2, 0.25) is 0 Å². The highest BCUT2D eigenvalue weighted by Gasteiger charge is 2.37. The number of benzene rings is 11. The number of nitrogens with zero attached hydrogens (tertiary/aromatic N) is 2. The van der Waals surface area contributed by atoms with E-state index >= 15 is 0 Å². The van der Waals surface area contributed by atoms with Crippen LogP contribution in [0, 0.1) is 0 Å². The van der Waals surface area contributed by atoms with Crippen LogP contribution in [0.15, 0.2) is 243 Å². The molecule has 1 aliphatic rings. The van der Waals surface area contributed by atoms with Crippen LogP contribution < -0.4 is 9.80 Å². The molecule has 11 aromatic rings. The molecule has 2 nitrogen and oxygen atoms in total. The van der Waals surface area contributed by atoms with Gasteiger partial charge in [-0.15, -0.1) is 0 Å². The molecule has 0 N–H and O–H groups in total. The molecule has 0 amide bonds. The van der Waals surface area contributed by atoms with Gasteiger partial charge in [-0.2, -0.15) is 0 Å². The summed E-state index contributed by atoms with van der Waals surface area (Å²) in [7, 11) is 0. The van der Waals surface area contributed by atoms with Gasteiger partial charge in [0.2, 0.25) is 0 Å². The number of hydrogen-bond acceptors (Lipinski definition) is 2. The molecule has 0 saturated carbocycles. The molecular weight excluding hydrogens is 785 g/mol. The van der Waals surface area contributed by atoms with E-state index in [4.69, 9.17) is 0 Å². The summed E-state index contributed by atoms with van der Waals surface area (Å²) in [5.74, 6) is 0. The first-order valence-corrected chi connectivity index (χ1v) is 22.6. The summed E-state index contributed by atoms with van der Waals surface area (Å²) < 4.78 is 0. The van der Waals surface area contributed by atoms with Gasteiger partial charge in [-0.3, -0.25) is 0 Å². The highest BCUT2D eigenvalue weighted by Crippen LogP contribution is 2.53. The van der Waals surface area contributed by atoms with Crippen LogP contribution in [0.4, 0.5) is 34.1 Å². The molecular formula is C63H46N2. The van der Waals surface area contributed by atoms with Crippen LogP contribution in [0.5, 0.6) is 0 Å². The van der Waals surface area contributed by atoms with E-state index in [9.17, 15) is 0 Å². The minimum absolute atomic E-state index is 0.271. The van der Waals surface area contributed by atoms with E-state index in [0.717, 1.165) is 34.1 Å². The van der Waals surface area contributed by atoms with Gasteiger partial charge in [0, 0.05) is 39.2 Å². The highest BCUT2D eigenvalue weighted by atomic mass is 15.1. The smallest absolute Gasteiger partial charge is 0.0546 e. The molecule has 0 unspecified atom stereocenters. The third-order valence-corrected chi connectivity index (χ3v) is 13.6. The molecule has 1 aliphatic carbocycles. The van der Waals surface area contributed by atoms with Crippen molar-refractivity contribution in [3.63, 3.8) is 0 Å². The van der Waals surface area contributed by atoms with E-state index in [1.54, 1.807) is 0 Å². The second-order valence-corrected chi connectivity index (χ2v) is 17.8. The molecule has 0 saturated heterocycles. The van der Waals surface area contributed by atoms with Crippen molar-refractivity contribution in [2.45, 2.75) is 19.3 Å². The lowest BCUT2D eigenvalue weighted by Crippen LogP contribution is -2.17. The van der Waals surface area contributed by atoms with Crippen molar-refractivity contribution in [3.8, 4) is 33.4 Å². The molecule has 0 radical (unpaired) electrons. The van der Waals surface area contributed by atoms with E-state index in [-0.39, 0.29) is 5.41 Å². The Labute approximate surface area is 380 Å². The Morgan fingerprint density at radius 3 is 1.45 bits per heavy atom.